The molecule has 0 spiro atoms. The first kappa shape index (κ1) is 23.9. The number of carbonyl (C=O) groups is 2. The average molecular weight is 407 g/mol. The molecule has 1 amide bonds. The minimum atomic E-state index is -0.977. The predicted molar refractivity (Wildman–Crippen MR) is 107 cm³/mol. The van der Waals surface area contributed by atoms with E-state index in [1.165, 1.54) is 21.3 Å². The predicted octanol–water partition coefficient (Wildman–Crippen LogP) is 3.55. The van der Waals surface area contributed by atoms with Crippen LogP contribution < -0.4 is 19.5 Å². The molecule has 0 aliphatic rings. The third-order valence-electron chi connectivity index (χ3n) is 3.66. The average Bonchev–Trinajstić information content (AvgIpc) is 2.65. The summed E-state index contributed by atoms with van der Waals surface area (Å²) in [6.45, 7) is 10.6. The Labute approximate surface area is 171 Å². The lowest BCUT2D eigenvalue weighted by Gasteiger charge is -2.25. The number of ether oxygens (including phenoxy) is 5. The Morgan fingerprint density at radius 2 is 1.66 bits per heavy atom. The van der Waals surface area contributed by atoms with Gasteiger partial charge in [-0.3, -0.25) is 0 Å². The SMILES string of the molecule is C=C=C(C(=O)OCC)C(NC(=O)OC(C)(C)C)c1cc(OC)c(OC)c(OC)c1. The highest BCUT2D eigenvalue weighted by Crippen LogP contribution is 2.40. The number of carbonyl (C=O) groups excluding carboxylic acids is 2. The molecule has 8 nitrogen and oxygen atoms in total. The zero-order valence-corrected chi connectivity index (χ0v) is 18.0. The van der Waals surface area contributed by atoms with Gasteiger partial charge in [0.15, 0.2) is 11.5 Å². The van der Waals surface area contributed by atoms with E-state index in [2.05, 4.69) is 17.6 Å². The molecule has 1 aromatic rings. The van der Waals surface area contributed by atoms with Crippen molar-refractivity contribution >= 4 is 12.1 Å². The van der Waals surface area contributed by atoms with E-state index in [-0.39, 0.29) is 12.2 Å². The van der Waals surface area contributed by atoms with Gasteiger partial charge in [-0.15, -0.1) is 5.73 Å². The lowest BCUT2D eigenvalue weighted by molar-refractivity contribution is -0.138. The molecule has 0 bridgehead atoms. The van der Waals surface area contributed by atoms with Gasteiger partial charge < -0.3 is 29.0 Å². The summed E-state index contributed by atoms with van der Waals surface area (Å²) >= 11 is 0. The van der Waals surface area contributed by atoms with Crippen molar-refractivity contribution in [1.29, 1.82) is 0 Å². The van der Waals surface area contributed by atoms with E-state index < -0.39 is 23.7 Å². The molecule has 0 radical (unpaired) electrons. The Bertz CT molecular complexity index is 764. The number of amides is 1. The quantitative estimate of drug-likeness (QED) is 0.400. The maximum absolute atomic E-state index is 12.4. The maximum atomic E-state index is 12.4. The molecule has 1 aromatic carbocycles. The summed E-state index contributed by atoms with van der Waals surface area (Å²) in [4.78, 5) is 24.9. The first-order chi connectivity index (χ1) is 13.6. The topological polar surface area (TPSA) is 92.3 Å². The molecule has 1 atom stereocenters. The van der Waals surface area contributed by atoms with Gasteiger partial charge in [-0.2, -0.15) is 0 Å². The van der Waals surface area contributed by atoms with E-state index in [4.69, 9.17) is 23.7 Å². The normalized spacial score (nSPS) is 11.6. The summed E-state index contributed by atoms with van der Waals surface area (Å²) in [5.41, 5.74) is 2.30. The van der Waals surface area contributed by atoms with Crippen molar-refractivity contribution in [3.05, 3.63) is 35.6 Å². The van der Waals surface area contributed by atoms with E-state index in [1.54, 1.807) is 39.8 Å². The third kappa shape index (κ3) is 6.47. The second kappa shape index (κ2) is 10.4. The highest BCUT2D eigenvalue weighted by Gasteiger charge is 2.29. The molecule has 29 heavy (non-hydrogen) atoms. The van der Waals surface area contributed by atoms with Crippen molar-refractivity contribution in [2.45, 2.75) is 39.3 Å². The Morgan fingerprint density at radius 3 is 2.03 bits per heavy atom. The molecule has 0 heterocycles. The molecule has 8 heteroatoms. The van der Waals surface area contributed by atoms with Crippen LogP contribution in [0.15, 0.2) is 30.0 Å². The zero-order valence-electron chi connectivity index (χ0n) is 18.0. The number of methoxy groups -OCH3 is 3. The summed E-state index contributed by atoms with van der Waals surface area (Å²) in [6.07, 6.45) is -0.728. The fourth-order valence-electron chi connectivity index (χ4n) is 2.52. The summed E-state index contributed by atoms with van der Waals surface area (Å²) in [6, 6.07) is 2.25. The van der Waals surface area contributed by atoms with Crippen LogP contribution in [0.2, 0.25) is 0 Å². The number of hydrogen-bond donors (Lipinski definition) is 1. The van der Waals surface area contributed by atoms with Crippen LogP contribution in [0.1, 0.15) is 39.3 Å². The van der Waals surface area contributed by atoms with Crippen LogP contribution >= 0.6 is 0 Å². The van der Waals surface area contributed by atoms with Crippen LogP contribution in [-0.2, 0) is 14.3 Å². The number of esters is 1. The van der Waals surface area contributed by atoms with E-state index in [9.17, 15) is 9.59 Å². The van der Waals surface area contributed by atoms with Gasteiger partial charge in [0.25, 0.3) is 0 Å². The van der Waals surface area contributed by atoms with Gasteiger partial charge in [0.1, 0.15) is 11.2 Å². The molecular weight excluding hydrogens is 378 g/mol. The Kier molecular flexibility index (Phi) is 8.60. The molecule has 160 valence electrons. The first-order valence-electron chi connectivity index (χ1n) is 8.98. The second-order valence-electron chi connectivity index (χ2n) is 6.85. The van der Waals surface area contributed by atoms with Gasteiger partial charge >= 0.3 is 12.1 Å². The summed E-state index contributed by atoms with van der Waals surface area (Å²) < 4.78 is 26.5. The van der Waals surface area contributed by atoms with Crippen molar-refractivity contribution in [1.82, 2.24) is 5.32 Å². The van der Waals surface area contributed by atoms with Crippen LogP contribution in [0.5, 0.6) is 17.2 Å². The lowest BCUT2D eigenvalue weighted by Crippen LogP contribution is -2.37. The standard InChI is InChI=1S/C21H29NO7/c1-9-14(19(23)28-10-2)17(22-20(24)29-21(3,4)5)13-11-15(25-6)18(27-8)16(12-13)26-7/h11-12,17H,1,10H2,2-8H3,(H,22,24). The highest BCUT2D eigenvalue weighted by molar-refractivity contribution is 5.91. The van der Waals surface area contributed by atoms with Crippen molar-refractivity contribution < 1.29 is 33.3 Å². The van der Waals surface area contributed by atoms with Gasteiger partial charge in [-0.1, -0.05) is 6.58 Å². The number of nitrogens with one attached hydrogen (secondary N) is 1. The van der Waals surface area contributed by atoms with Crippen molar-refractivity contribution in [2.75, 3.05) is 27.9 Å². The molecule has 0 fully saturated rings. The summed E-state index contributed by atoms with van der Waals surface area (Å²) in [5, 5.41) is 2.67. The van der Waals surface area contributed by atoms with Gasteiger partial charge in [0.2, 0.25) is 5.75 Å². The van der Waals surface area contributed by atoms with Crippen LogP contribution in [0.3, 0.4) is 0 Å². The molecule has 1 rings (SSSR count). The smallest absolute Gasteiger partial charge is 0.408 e. The van der Waals surface area contributed by atoms with E-state index in [0.717, 1.165) is 0 Å². The number of benzene rings is 1. The first-order valence-corrected chi connectivity index (χ1v) is 8.98. The van der Waals surface area contributed by atoms with Crippen molar-refractivity contribution in [3.8, 4) is 17.2 Å². The van der Waals surface area contributed by atoms with E-state index in [1.807, 2.05) is 0 Å². The molecule has 0 saturated heterocycles. The molecule has 0 saturated carbocycles. The highest BCUT2D eigenvalue weighted by atomic mass is 16.6. The fraction of sp³-hybridized carbons (Fsp3) is 0.476. The molecule has 0 aromatic heterocycles. The largest absolute Gasteiger partial charge is 0.493 e. The van der Waals surface area contributed by atoms with Gasteiger partial charge in [0.05, 0.1) is 34.0 Å². The van der Waals surface area contributed by atoms with Gasteiger partial charge in [0, 0.05) is 0 Å². The van der Waals surface area contributed by atoms with E-state index in [0.29, 0.717) is 22.8 Å². The lowest BCUT2D eigenvalue weighted by atomic mass is 9.98. The Balaban J connectivity index is 3.53. The number of alkyl carbamates (subject to hydrolysis) is 1. The van der Waals surface area contributed by atoms with Crippen molar-refractivity contribution in [3.63, 3.8) is 0 Å². The van der Waals surface area contributed by atoms with Crippen molar-refractivity contribution in [2.24, 2.45) is 0 Å². The molecule has 0 aliphatic heterocycles. The monoisotopic (exact) mass is 407 g/mol. The summed E-state index contributed by atoms with van der Waals surface area (Å²) in [7, 11) is 4.41. The number of rotatable bonds is 8. The minimum absolute atomic E-state index is 0.00646. The van der Waals surface area contributed by atoms with Crippen LogP contribution in [0.25, 0.3) is 0 Å². The van der Waals surface area contributed by atoms with E-state index >= 15 is 0 Å². The van der Waals surface area contributed by atoms with Crippen LogP contribution in [0.4, 0.5) is 4.79 Å². The second-order valence-corrected chi connectivity index (χ2v) is 6.85. The summed E-state index contributed by atoms with van der Waals surface area (Å²) in [5.74, 6) is 0.405. The maximum Gasteiger partial charge on any atom is 0.408 e. The van der Waals surface area contributed by atoms with Crippen LogP contribution in [-0.4, -0.2) is 45.6 Å². The molecule has 0 aliphatic carbocycles. The molecular formula is C21H29NO7. The zero-order chi connectivity index (χ0) is 22.2. The Morgan fingerprint density at radius 1 is 1.10 bits per heavy atom. The van der Waals surface area contributed by atoms with Crippen LogP contribution in [0, 0.1) is 0 Å². The minimum Gasteiger partial charge on any atom is -0.493 e. The molecule has 1 unspecified atom stereocenters. The third-order valence-corrected chi connectivity index (χ3v) is 3.66. The Hall–Kier alpha value is -3.12. The fourth-order valence-corrected chi connectivity index (χ4v) is 2.52. The van der Waals surface area contributed by atoms with Gasteiger partial charge in [-0.05, 0) is 45.4 Å². The molecule has 1 N–H and O–H groups in total. The number of hydrogen-bond acceptors (Lipinski definition) is 7. The van der Waals surface area contributed by atoms with Gasteiger partial charge in [-0.25, -0.2) is 9.59 Å².